The molecule has 3 aromatic carbocycles. The van der Waals surface area contributed by atoms with Crippen molar-refractivity contribution in [2.24, 2.45) is 17.8 Å². The van der Waals surface area contributed by atoms with Gasteiger partial charge in [-0.15, -0.1) is 0 Å². The van der Waals surface area contributed by atoms with Gasteiger partial charge in [0.25, 0.3) is 8.32 Å². The Labute approximate surface area is 316 Å². The third-order valence-corrected chi connectivity index (χ3v) is 17.5. The van der Waals surface area contributed by atoms with Crippen molar-refractivity contribution in [2.75, 3.05) is 13.7 Å². The van der Waals surface area contributed by atoms with Crippen LogP contribution in [0.3, 0.4) is 0 Å². The number of benzene rings is 3. The highest BCUT2D eigenvalue weighted by Crippen LogP contribution is 2.53. The van der Waals surface area contributed by atoms with Gasteiger partial charge in [-0.1, -0.05) is 101 Å². The van der Waals surface area contributed by atoms with Crippen LogP contribution in [-0.2, 0) is 18.7 Å². The minimum atomic E-state index is -2.96. The molecule has 51 heavy (non-hydrogen) atoms. The lowest BCUT2D eigenvalue weighted by molar-refractivity contribution is -0.143. The van der Waals surface area contributed by atoms with Gasteiger partial charge in [-0.05, 0) is 98.3 Å². The van der Waals surface area contributed by atoms with E-state index in [1.165, 1.54) is 7.11 Å². The highest BCUT2D eigenvalue weighted by Gasteiger charge is 2.59. The van der Waals surface area contributed by atoms with Gasteiger partial charge in [0.15, 0.2) is 11.5 Å². The van der Waals surface area contributed by atoms with Crippen molar-refractivity contribution < 1.29 is 33.5 Å². The van der Waals surface area contributed by atoms with Crippen molar-refractivity contribution in [1.82, 2.24) is 4.90 Å². The Morgan fingerprint density at radius 1 is 0.941 bits per heavy atom. The van der Waals surface area contributed by atoms with Crippen LogP contribution in [0.4, 0.5) is 0 Å². The van der Waals surface area contributed by atoms with E-state index in [1.54, 1.807) is 11.0 Å². The van der Waals surface area contributed by atoms with Crippen molar-refractivity contribution >= 4 is 60.2 Å². The quantitative estimate of drug-likeness (QED) is 0.156. The van der Waals surface area contributed by atoms with E-state index < -0.39 is 39.3 Å². The molecule has 268 valence electrons. The van der Waals surface area contributed by atoms with Gasteiger partial charge in [-0.25, -0.2) is 0 Å². The third kappa shape index (κ3) is 6.40. The maximum atomic E-state index is 14.5. The zero-order valence-corrected chi connectivity index (χ0v) is 33.0. The molecule has 0 unspecified atom stereocenters. The van der Waals surface area contributed by atoms with Gasteiger partial charge in [0.1, 0.15) is 0 Å². The predicted octanol–water partition coefficient (Wildman–Crippen LogP) is 6.31. The molecule has 4 atom stereocenters. The Kier molecular flexibility index (Phi) is 10.3. The summed E-state index contributed by atoms with van der Waals surface area (Å²) in [6.07, 6.45) is 4.99. The Morgan fingerprint density at radius 2 is 1.57 bits per heavy atom. The van der Waals surface area contributed by atoms with Crippen molar-refractivity contribution in [3.63, 3.8) is 0 Å². The highest BCUT2D eigenvalue weighted by atomic mass is 127. The van der Waals surface area contributed by atoms with Gasteiger partial charge in [0.05, 0.1) is 35.2 Å². The Morgan fingerprint density at radius 3 is 2.16 bits per heavy atom. The highest BCUT2D eigenvalue weighted by molar-refractivity contribution is 14.1. The molecule has 2 N–H and O–H groups in total. The summed E-state index contributed by atoms with van der Waals surface area (Å²) < 4.78 is 19.8. The number of amides is 2. The number of aromatic hydroxyl groups is 1. The fraction of sp³-hybridized carbons (Fsp3) is 0.450. The van der Waals surface area contributed by atoms with Gasteiger partial charge in [0.2, 0.25) is 11.8 Å². The molecule has 0 aromatic heterocycles. The molecule has 3 aromatic rings. The Balaban J connectivity index is 1.31. The van der Waals surface area contributed by atoms with Crippen LogP contribution in [0.5, 0.6) is 11.5 Å². The van der Waals surface area contributed by atoms with E-state index in [-0.39, 0.29) is 35.3 Å². The number of imide groups is 1. The summed E-state index contributed by atoms with van der Waals surface area (Å²) >= 11 is 2.06. The number of allylic oxidation sites excluding steroid dienone is 1. The first-order chi connectivity index (χ1) is 24.5. The maximum Gasteiger partial charge on any atom is 0.487 e. The molecular weight excluding hydrogens is 772 g/mol. The number of hydrogen-bond donors (Lipinski definition) is 2. The van der Waals surface area contributed by atoms with E-state index >= 15 is 0 Å². The molecule has 3 fully saturated rings. The number of hydrogen-bond acceptors (Lipinski definition) is 7. The van der Waals surface area contributed by atoms with Crippen molar-refractivity contribution in [1.29, 1.82) is 0 Å². The third-order valence-electron chi connectivity index (χ3n) is 11.7. The first-order valence-corrected chi connectivity index (χ1v) is 21.2. The van der Waals surface area contributed by atoms with Gasteiger partial charge < -0.3 is 23.9 Å². The first kappa shape index (κ1) is 36.4. The molecule has 7 rings (SSSR count). The largest absolute Gasteiger partial charge is 0.504 e. The lowest BCUT2D eigenvalue weighted by Gasteiger charge is -2.45. The molecule has 2 heterocycles. The first-order valence-electron chi connectivity index (χ1n) is 18.2. The van der Waals surface area contributed by atoms with E-state index in [9.17, 15) is 19.7 Å². The van der Waals surface area contributed by atoms with Crippen LogP contribution in [-0.4, -0.2) is 62.0 Å². The van der Waals surface area contributed by atoms with Crippen molar-refractivity contribution in [2.45, 2.75) is 82.9 Å². The van der Waals surface area contributed by atoms with Crippen molar-refractivity contribution in [3.05, 3.63) is 93.0 Å². The fourth-order valence-electron chi connectivity index (χ4n) is 9.37. The van der Waals surface area contributed by atoms with Crippen LogP contribution >= 0.6 is 22.6 Å². The lowest BCUT2D eigenvalue weighted by Crippen LogP contribution is -2.66. The summed E-state index contributed by atoms with van der Waals surface area (Å²) in [6, 6.07) is 24.3. The summed E-state index contributed by atoms with van der Waals surface area (Å²) in [5.41, 5.74) is 2.27. The number of likely N-dealkylation sites (tertiary alicyclic amines) is 1. The Hall–Kier alpha value is -2.97. The van der Waals surface area contributed by atoms with E-state index in [0.717, 1.165) is 53.6 Å². The second-order valence-electron chi connectivity index (χ2n) is 15.6. The number of carbonyl (C=O) groups is 2. The van der Waals surface area contributed by atoms with Crippen LogP contribution in [0, 0.1) is 21.3 Å². The van der Waals surface area contributed by atoms with Gasteiger partial charge in [-0.3, -0.25) is 14.5 Å². The minimum absolute atomic E-state index is 0.0407. The van der Waals surface area contributed by atoms with Crippen molar-refractivity contribution in [3.8, 4) is 11.5 Å². The molecule has 0 spiro atoms. The van der Waals surface area contributed by atoms with E-state index in [1.807, 2.05) is 18.2 Å². The molecule has 1 saturated carbocycles. The number of rotatable bonds is 8. The molecule has 11 heteroatoms. The molecule has 2 aliphatic heterocycles. The molecular formula is C40H47BINO7Si. The minimum Gasteiger partial charge on any atom is -0.504 e. The standard InChI is InChI=1S/C40H47BINO7Si/c1-40(2,3)51(28-16-10-6-11-17-28,29-18-12-7-13-19-29)49-24-26-20-31-35(39(46)43(38(31)45)27-14-8-5-9-15-27)30-23-33(50-41(47)36(26)30)25-21-32(42)37(44)34(22-25)48-4/h6-7,10-13,16-19,21-22,27,30-31,33,35,44,47H,5,8-9,14-15,20,23-24H2,1-4H3/t30-,31-,33-,35+/m0/s1. The van der Waals surface area contributed by atoms with E-state index in [0.29, 0.717) is 27.6 Å². The Bertz CT molecular complexity index is 1770. The zero-order chi connectivity index (χ0) is 36.1. The topological polar surface area (TPSA) is 106 Å². The van der Waals surface area contributed by atoms with Crippen LogP contribution in [0.2, 0.25) is 5.04 Å². The normalized spacial score (nSPS) is 24.5. The van der Waals surface area contributed by atoms with E-state index in [2.05, 4.69) is 91.9 Å². The molecule has 8 nitrogen and oxygen atoms in total. The number of fused-ring (bicyclic) bond motifs is 3. The maximum absolute atomic E-state index is 14.5. The summed E-state index contributed by atoms with van der Waals surface area (Å²) in [5, 5.41) is 24.5. The number of ether oxygens (including phenoxy) is 1. The molecule has 0 radical (unpaired) electrons. The second kappa shape index (κ2) is 14.5. The zero-order valence-electron chi connectivity index (χ0n) is 29.8. The summed E-state index contributed by atoms with van der Waals surface area (Å²) in [7, 11) is -2.76. The van der Waals surface area contributed by atoms with Gasteiger partial charge >= 0.3 is 7.12 Å². The van der Waals surface area contributed by atoms with Crippen LogP contribution in [0.15, 0.2) is 83.8 Å². The molecule has 4 aliphatic rings. The number of phenolic OH excluding ortho intramolecular Hbond substituents is 1. The number of carbonyl (C=O) groups excluding carboxylic acids is 2. The lowest BCUT2D eigenvalue weighted by atomic mass is 9.55. The molecule has 0 bridgehead atoms. The average molecular weight is 820 g/mol. The smallest absolute Gasteiger partial charge is 0.487 e. The number of nitrogens with zero attached hydrogens (tertiary/aromatic N) is 1. The number of methoxy groups -OCH3 is 1. The van der Waals surface area contributed by atoms with Crippen LogP contribution in [0.25, 0.3) is 0 Å². The average Bonchev–Trinajstić information content (AvgIpc) is 3.38. The second-order valence-corrected chi connectivity index (χ2v) is 21.0. The monoisotopic (exact) mass is 819 g/mol. The van der Waals surface area contributed by atoms with Crippen LogP contribution in [0.1, 0.15) is 77.4 Å². The molecule has 2 saturated heterocycles. The number of halogens is 1. The summed E-state index contributed by atoms with van der Waals surface area (Å²) in [4.78, 5) is 30.4. The van der Waals surface area contributed by atoms with Crippen LogP contribution < -0.4 is 15.1 Å². The fourth-order valence-corrected chi connectivity index (χ4v) is 14.5. The molecule has 2 aliphatic carbocycles. The number of phenols is 1. The summed E-state index contributed by atoms with van der Waals surface area (Å²) in [6.45, 7) is 6.90. The van der Waals surface area contributed by atoms with Gasteiger partial charge in [0, 0.05) is 6.04 Å². The SMILES string of the molecule is COc1cc([C@@H]2C[C@@H]3C(=C(CO[Si](c4ccccc4)(c4ccccc4)C(C)(C)C)C[C@@H]4C(=O)N(C5CCCCC5)C(=O)[C@@H]43)B(O)O2)cc(I)c1O. The van der Waals surface area contributed by atoms with Gasteiger partial charge in [-0.2, -0.15) is 0 Å². The molecule has 2 amide bonds. The predicted molar refractivity (Wildman–Crippen MR) is 208 cm³/mol. The van der Waals surface area contributed by atoms with E-state index in [4.69, 9.17) is 13.8 Å². The summed E-state index contributed by atoms with van der Waals surface area (Å²) in [5.74, 6) is -1.37.